The Labute approximate surface area is 298 Å². The summed E-state index contributed by atoms with van der Waals surface area (Å²) in [6.07, 6.45) is 3.36. The van der Waals surface area contributed by atoms with E-state index in [0.717, 1.165) is 39.4 Å². The van der Waals surface area contributed by atoms with Crippen molar-refractivity contribution in [2.24, 2.45) is 0 Å². The van der Waals surface area contributed by atoms with E-state index < -0.39 is 12.1 Å². The van der Waals surface area contributed by atoms with Gasteiger partial charge in [0, 0.05) is 35.4 Å². The number of hydrogen-bond acceptors (Lipinski definition) is 5. The third-order valence-corrected chi connectivity index (χ3v) is 10.2. The number of fused-ring (bicyclic) bond motifs is 1. The lowest BCUT2D eigenvalue weighted by Gasteiger charge is -2.24. The van der Waals surface area contributed by atoms with Gasteiger partial charge in [-0.05, 0) is 95.2 Å². The van der Waals surface area contributed by atoms with Gasteiger partial charge in [0.1, 0.15) is 23.4 Å². The lowest BCUT2D eigenvalue weighted by atomic mass is 10.1. The molecule has 0 unspecified atom stereocenters. The molecule has 7 rings (SSSR count). The number of hydrogen-bond donors (Lipinski definition) is 2. The summed E-state index contributed by atoms with van der Waals surface area (Å²) in [7, 11) is 0. The number of nitrogens with zero attached hydrogens (tertiary/aromatic N) is 2. The summed E-state index contributed by atoms with van der Waals surface area (Å²) in [5, 5.41) is 6.79. The number of furan rings is 1. The molecule has 2 aliphatic rings. The fourth-order valence-corrected chi connectivity index (χ4v) is 7.53. The summed E-state index contributed by atoms with van der Waals surface area (Å²) in [5.74, 6) is 0.116. The van der Waals surface area contributed by atoms with Crippen molar-refractivity contribution in [2.45, 2.75) is 50.6 Å². The predicted molar refractivity (Wildman–Crippen MR) is 196 cm³/mol. The maximum Gasteiger partial charge on any atom is 0.247 e. The minimum atomic E-state index is -0.518. The third kappa shape index (κ3) is 7.21. The van der Waals surface area contributed by atoms with E-state index in [0.29, 0.717) is 48.6 Å². The van der Waals surface area contributed by atoms with Gasteiger partial charge in [0.05, 0.1) is 17.3 Å². The van der Waals surface area contributed by atoms with Crippen LogP contribution < -0.4 is 10.6 Å². The first-order valence-electron chi connectivity index (χ1n) is 16.9. The number of halogens is 1. The summed E-state index contributed by atoms with van der Waals surface area (Å²) in [6.45, 7) is 1.14. The molecule has 4 amide bonds. The van der Waals surface area contributed by atoms with Crippen LogP contribution in [0, 0.1) is 0 Å². The number of rotatable bonds is 9. The van der Waals surface area contributed by atoms with Crippen LogP contribution in [-0.2, 0) is 32.0 Å². The molecule has 2 aliphatic heterocycles. The monoisotopic (exact) mass is 732 g/mol. The van der Waals surface area contributed by atoms with Crippen molar-refractivity contribution in [2.75, 3.05) is 23.7 Å². The normalized spacial score (nSPS) is 17.2. The van der Waals surface area contributed by atoms with Gasteiger partial charge < -0.3 is 24.9 Å². The summed E-state index contributed by atoms with van der Waals surface area (Å²) in [6, 6.07) is 31.0. The zero-order valence-electron chi connectivity index (χ0n) is 27.4. The molecular formula is C40H37BrN4O5. The average Bonchev–Trinajstić information content (AvgIpc) is 3.89. The first-order valence-corrected chi connectivity index (χ1v) is 17.7. The molecule has 0 aliphatic carbocycles. The van der Waals surface area contributed by atoms with Gasteiger partial charge in [0.15, 0.2) is 0 Å². The van der Waals surface area contributed by atoms with Gasteiger partial charge in [0.2, 0.25) is 23.6 Å². The maximum atomic E-state index is 13.4. The van der Waals surface area contributed by atoms with Crippen molar-refractivity contribution >= 4 is 61.9 Å². The Balaban J connectivity index is 0.991. The summed E-state index contributed by atoms with van der Waals surface area (Å²) in [4.78, 5) is 56.1. The van der Waals surface area contributed by atoms with Crippen LogP contribution >= 0.6 is 15.9 Å². The summed E-state index contributed by atoms with van der Waals surface area (Å²) >= 11 is 3.70. The number of anilines is 2. The van der Waals surface area contributed by atoms with Crippen molar-refractivity contribution < 1.29 is 23.6 Å². The number of amides is 4. The average molecular weight is 734 g/mol. The molecule has 3 heterocycles. The SMILES string of the molecule is O=C(Nc1ccc(-c2oc3ccc(NC(=O)[C@@H]4CCCN4C(=O)Cc4ccccc4)cc3c2Br)cc1)[C@@H]1CCCN1C(=O)Cc1ccccc1. The molecule has 2 atom stereocenters. The summed E-state index contributed by atoms with van der Waals surface area (Å²) < 4.78 is 6.93. The molecule has 0 bridgehead atoms. The molecule has 0 spiro atoms. The lowest BCUT2D eigenvalue weighted by molar-refractivity contribution is -0.136. The Morgan fingerprint density at radius 1 is 0.660 bits per heavy atom. The van der Waals surface area contributed by atoms with Crippen LogP contribution in [0.3, 0.4) is 0 Å². The van der Waals surface area contributed by atoms with E-state index in [4.69, 9.17) is 4.42 Å². The van der Waals surface area contributed by atoms with Crippen molar-refractivity contribution in [3.8, 4) is 11.3 Å². The highest BCUT2D eigenvalue weighted by Crippen LogP contribution is 2.39. The van der Waals surface area contributed by atoms with E-state index >= 15 is 0 Å². The van der Waals surface area contributed by atoms with Crippen LogP contribution in [0.25, 0.3) is 22.3 Å². The molecular weight excluding hydrogens is 696 g/mol. The van der Waals surface area contributed by atoms with Crippen LogP contribution in [-0.4, -0.2) is 58.6 Å². The highest BCUT2D eigenvalue weighted by Gasteiger charge is 2.35. The molecule has 50 heavy (non-hydrogen) atoms. The quantitative estimate of drug-likeness (QED) is 0.166. The molecule has 9 nitrogen and oxygen atoms in total. The Morgan fingerprint density at radius 3 is 1.70 bits per heavy atom. The first-order chi connectivity index (χ1) is 24.3. The van der Waals surface area contributed by atoms with Crippen LogP contribution in [0.5, 0.6) is 0 Å². The number of benzene rings is 4. The Kier molecular flexibility index (Phi) is 9.80. The minimum absolute atomic E-state index is 0.0453. The Morgan fingerprint density at radius 2 is 1.16 bits per heavy atom. The minimum Gasteiger partial charge on any atom is -0.455 e. The van der Waals surface area contributed by atoms with Crippen LogP contribution in [0.1, 0.15) is 36.8 Å². The second kappa shape index (κ2) is 14.7. The van der Waals surface area contributed by atoms with E-state index in [2.05, 4.69) is 26.6 Å². The molecule has 0 saturated carbocycles. The van der Waals surface area contributed by atoms with Crippen molar-refractivity contribution in [3.05, 3.63) is 119 Å². The molecule has 0 radical (unpaired) electrons. The smallest absolute Gasteiger partial charge is 0.247 e. The molecule has 5 aromatic rings. The van der Waals surface area contributed by atoms with Crippen molar-refractivity contribution in [1.82, 2.24) is 9.80 Å². The highest BCUT2D eigenvalue weighted by molar-refractivity contribution is 9.10. The fraction of sp³-hybridized carbons (Fsp3) is 0.250. The van der Waals surface area contributed by atoms with Gasteiger partial charge in [-0.15, -0.1) is 0 Å². The number of carbonyl (C=O) groups is 4. The Hall–Kier alpha value is -5.22. The van der Waals surface area contributed by atoms with E-state index in [1.165, 1.54) is 0 Å². The zero-order valence-corrected chi connectivity index (χ0v) is 29.0. The van der Waals surface area contributed by atoms with Gasteiger partial charge >= 0.3 is 0 Å². The lowest BCUT2D eigenvalue weighted by Crippen LogP contribution is -2.43. The van der Waals surface area contributed by atoms with Gasteiger partial charge in [-0.1, -0.05) is 60.7 Å². The predicted octanol–water partition coefficient (Wildman–Crippen LogP) is 7.21. The molecule has 254 valence electrons. The standard InChI is InChI=1S/C40H37BrN4O5/c41-37-31-25-30(43-40(49)33-14-8-22-45(33)36(47)24-27-11-5-2-6-12-27)19-20-34(31)50-38(37)28-15-17-29(18-16-28)42-39(48)32-13-7-21-44(32)35(46)23-26-9-3-1-4-10-26/h1-6,9-12,15-20,25,32-33H,7-8,13-14,21-24H2,(H,42,48)(H,43,49)/t32-,33-/m0/s1. The second-order valence-electron chi connectivity index (χ2n) is 12.8. The molecule has 4 aromatic carbocycles. The first kappa shape index (κ1) is 33.3. The van der Waals surface area contributed by atoms with Gasteiger partial charge in [-0.3, -0.25) is 19.2 Å². The second-order valence-corrected chi connectivity index (χ2v) is 13.6. The van der Waals surface area contributed by atoms with Crippen LogP contribution in [0.4, 0.5) is 11.4 Å². The van der Waals surface area contributed by atoms with Crippen molar-refractivity contribution in [3.63, 3.8) is 0 Å². The van der Waals surface area contributed by atoms with Crippen LogP contribution in [0.15, 0.2) is 112 Å². The maximum absolute atomic E-state index is 13.4. The molecule has 2 saturated heterocycles. The molecule has 2 fully saturated rings. The van der Waals surface area contributed by atoms with E-state index in [9.17, 15) is 19.2 Å². The van der Waals surface area contributed by atoms with E-state index in [1.54, 1.807) is 15.9 Å². The topological polar surface area (TPSA) is 112 Å². The largest absolute Gasteiger partial charge is 0.455 e. The Bertz CT molecular complexity index is 2030. The molecule has 10 heteroatoms. The van der Waals surface area contributed by atoms with Gasteiger partial charge in [0.25, 0.3) is 0 Å². The fourth-order valence-electron chi connectivity index (χ4n) is 6.91. The number of nitrogens with one attached hydrogen (secondary N) is 2. The molecule has 2 N–H and O–H groups in total. The van der Waals surface area contributed by atoms with Crippen molar-refractivity contribution in [1.29, 1.82) is 0 Å². The van der Waals surface area contributed by atoms with Gasteiger partial charge in [-0.25, -0.2) is 0 Å². The number of likely N-dealkylation sites (tertiary alicyclic amines) is 2. The van der Waals surface area contributed by atoms with E-state index in [-0.39, 0.29) is 36.5 Å². The molecule has 1 aromatic heterocycles. The highest BCUT2D eigenvalue weighted by atomic mass is 79.9. The summed E-state index contributed by atoms with van der Waals surface area (Å²) in [5.41, 5.74) is 4.54. The number of carbonyl (C=O) groups excluding carboxylic acids is 4. The zero-order chi connectivity index (χ0) is 34.6. The van der Waals surface area contributed by atoms with Gasteiger partial charge in [-0.2, -0.15) is 0 Å². The van der Waals surface area contributed by atoms with E-state index in [1.807, 2.05) is 97.1 Å². The third-order valence-electron chi connectivity index (χ3n) is 9.46. The van der Waals surface area contributed by atoms with Crippen LogP contribution in [0.2, 0.25) is 0 Å².